The minimum Gasteiger partial charge on any atom is -0.349 e. The molecule has 0 aromatic heterocycles. The highest BCUT2D eigenvalue weighted by Crippen LogP contribution is 2.23. The third kappa shape index (κ3) is 4.76. The maximum Gasteiger partial charge on any atom is 0.225 e. The highest BCUT2D eigenvalue weighted by atomic mass is 32.1. The summed E-state index contributed by atoms with van der Waals surface area (Å²) in [5.41, 5.74) is 3.50. The fourth-order valence-electron chi connectivity index (χ4n) is 3.94. The lowest BCUT2D eigenvalue weighted by atomic mass is 9.95. The van der Waals surface area contributed by atoms with Crippen molar-refractivity contribution in [2.24, 2.45) is 5.92 Å². The van der Waals surface area contributed by atoms with E-state index < -0.39 is 0 Å². The van der Waals surface area contributed by atoms with Gasteiger partial charge in [-0.25, -0.2) is 0 Å². The minimum atomic E-state index is 0.174. The van der Waals surface area contributed by atoms with Crippen molar-refractivity contribution in [3.05, 3.63) is 29.3 Å². The summed E-state index contributed by atoms with van der Waals surface area (Å²) in [7, 11) is 0. The molecule has 4 nitrogen and oxygen atoms in total. The van der Waals surface area contributed by atoms with Crippen molar-refractivity contribution in [2.45, 2.75) is 52.4 Å². The summed E-state index contributed by atoms with van der Waals surface area (Å²) in [5.74, 6) is 0.549. The van der Waals surface area contributed by atoms with Gasteiger partial charge in [0.25, 0.3) is 0 Å². The number of likely N-dealkylation sites (tertiary alicyclic amines) is 2. The minimum absolute atomic E-state index is 0.174. The molecule has 5 heteroatoms. The van der Waals surface area contributed by atoms with Gasteiger partial charge in [0.2, 0.25) is 5.91 Å². The maximum absolute atomic E-state index is 12.8. The molecule has 2 heterocycles. The molecule has 3 rings (SSSR count). The number of benzene rings is 1. The number of hydrogen-bond acceptors (Lipinski definition) is 2. The number of carbonyl (C=O) groups excluding carboxylic acids is 1. The molecular weight excluding hydrogens is 342 g/mol. The number of carbonyl (C=O) groups is 1. The maximum atomic E-state index is 12.8. The zero-order chi connectivity index (χ0) is 18.5. The van der Waals surface area contributed by atoms with E-state index in [-0.39, 0.29) is 5.92 Å². The van der Waals surface area contributed by atoms with E-state index in [0.717, 1.165) is 62.7 Å². The quantitative estimate of drug-likeness (QED) is 0.791. The van der Waals surface area contributed by atoms with Crippen LogP contribution in [0, 0.1) is 19.8 Å². The Hall–Kier alpha value is -1.62. The molecule has 0 unspecified atom stereocenters. The summed E-state index contributed by atoms with van der Waals surface area (Å²) in [6, 6.07) is 6.37. The van der Waals surface area contributed by atoms with Gasteiger partial charge in [-0.2, -0.15) is 0 Å². The summed E-state index contributed by atoms with van der Waals surface area (Å²) in [6.07, 6.45) is 6.66. The van der Waals surface area contributed by atoms with Gasteiger partial charge >= 0.3 is 0 Å². The summed E-state index contributed by atoms with van der Waals surface area (Å²) in [6.45, 7) is 7.81. The highest BCUT2D eigenvalue weighted by Gasteiger charge is 2.29. The normalized spacial score (nSPS) is 19.2. The van der Waals surface area contributed by atoms with Crippen LogP contribution < -0.4 is 5.32 Å². The Kier molecular flexibility index (Phi) is 6.52. The first-order valence-corrected chi connectivity index (χ1v) is 10.4. The average Bonchev–Trinajstić information content (AvgIpc) is 2.93. The largest absolute Gasteiger partial charge is 0.349 e. The van der Waals surface area contributed by atoms with E-state index in [1.54, 1.807) is 0 Å². The number of nitrogens with zero attached hydrogens (tertiary/aromatic N) is 2. The van der Waals surface area contributed by atoms with Gasteiger partial charge < -0.3 is 15.1 Å². The van der Waals surface area contributed by atoms with E-state index in [4.69, 9.17) is 12.2 Å². The number of amides is 1. The first kappa shape index (κ1) is 19.2. The Morgan fingerprint density at radius 3 is 2.31 bits per heavy atom. The summed E-state index contributed by atoms with van der Waals surface area (Å²) in [4.78, 5) is 17.1. The molecule has 1 aromatic carbocycles. The second-order valence-corrected chi connectivity index (χ2v) is 8.14. The molecule has 1 amide bonds. The summed E-state index contributed by atoms with van der Waals surface area (Å²) < 4.78 is 0. The monoisotopic (exact) mass is 373 g/mol. The molecule has 142 valence electrons. The van der Waals surface area contributed by atoms with Crippen LogP contribution in [0.25, 0.3) is 0 Å². The predicted molar refractivity (Wildman–Crippen MR) is 111 cm³/mol. The van der Waals surface area contributed by atoms with Crippen molar-refractivity contribution in [1.82, 2.24) is 9.80 Å². The number of nitrogens with one attached hydrogen (secondary N) is 1. The fourth-order valence-corrected chi connectivity index (χ4v) is 4.24. The lowest BCUT2D eigenvalue weighted by Gasteiger charge is -2.35. The van der Waals surface area contributed by atoms with Crippen LogP contribution >= 0.6 is 12.2 Å². The molecule has 2 saturated heterocycles. The number of hydrogen-bond donors (Lipinski definition) is 1. The van der Waals surface area contributed by atoms with Crippen LogP contribution in [0.15, 0.2) is 18.2 Å². The topological polar surface area (TPSA) is 35.6 Å². The molecule has 0 saturated carbocycles. The molecule has 2 fully saturated rings. The molecular formula is C21H31N3OS. The fraction of sp³-hybridized carbons (Fsp3) is 0.619. The Bertz CT molecular complexity index is 645. The molecule has 0 radical (unpaired) electrons. The molecule has 2 aliphatic rings. The van der Waals surface area contributed by atoms with E-state index >= 15 is 0 Å². The predicted octanol–water partition coefficient (Wildman–Crippen LogP) is 4.11. The lowest BCUT2D eigenvalue weighted by molar-refractivity contribution is -0.136. The van der Waals surface area contributed by atoms with Gasteiger partial charge in [0.05, 0.1) is 0 Å². The smallest absolute Gasteiger partial charge is 0.225 e. The van der Waals surface area contributed by atoms with Crippen molar-refractivity contribution >= 4 is 28.9 Å². The van der Waals surface area contributed by atoms with Crippen molar-refractivity contribution < 1.29 is 4.79 Å². The van der Waals surface area contributed by atoms with Crippen molar-refractivity contribution in [1.29, 1.82) is 0 Å². The van der Waals surface area contributed by atoms with Gasteiger partial charge in [0.15, 0.2) is 5.11 Å². The number of rotatable bonds is 2. The first-order chi connectivity index (χ1) is 12.5. The van der Waals surface area contributed by atoms with Gasteiger partial charge in [0.1, 0.15) is 0 Å². The van der Waals surface area contributed by atoms with Gasteiger partial charge in [-0.1, -0.05) is 25.0 Å². The Morgan fingerprint density at radius 2 is 1.65 bits per heavy atom. The molecule has 26 heavy (non-hydrogen) atoms. The zero-order valence-electron chi connectivity index (χ0n) is 16.1. The van der Waals surface area contributed by atoms with Crippen molar-refractivity contribution in [3.63, 3.8) is 0 Å². The van der Waals surface area contributed by atoms with Crippen molar-refractivity contribution in [2.75, 3.05) is 31.5 Å². The molecule has 0 aliphatic carbocycles. The van der Waals surface area contributed by atoms with Crippen LogP contribution in [-0.2, 0) is 4.79 Å². The van der Waals surface area contributed by atoms with Crippen LogP contribution in [0.2, 0.25) is 0 Å². The van der Waals surface area contributed by atoms with E-state index in [1.165, 1.54) is 24.0 Å². The number of anilines is 1. The average molecular weight is 374 g/mol. The van der Waals surface area contributed by atoms with Crippen LogP contribution in [0.3, 0.4) is 0 Å². The van der Waals surface area contributed by atoms with Gasteiger partial charge in [-0.15, -0.1) is 0 Å². The second kappa shape index (κ2) is 8.85. The molecule has 2 aliphatic heterocycles. The van der Waals surface area contributed by atoms with Crippen LogP contribution in [0.4, 0.5) is 5.69 Å². The number of aryl methyl sites for hydroxylation is 2. The van der Waals surface area contributed by atoms with E-state index in [1.807, 2.05) is 0 Å². The zero-order valence-corrected chi connectivity index (χ0v) is 16.9. The van der Waals surface area contributed by atoms with Crippen LogP contribution in [0.1, 0.15) is 49.7 Å². The summed E-state index contributed by atoms with van der Waals surface area (Å²) in [5, 5.41) is 4.18. The van der Waals surface area contributed by atoms with E-state index in [0.29, 0.717) is 5.91 Å². The molecule has 0 spiro atoms. The third-order valence-electron chi connectivity index (χ3n) is 5.68. The van der Waals surface area contributed by atoms with Crippen molar-refractivity contribution in [3.8, 4) is 0 Å². The molecule has 1 aromatic rings. The Balaban J connectivity index is 1.52. The number of thiocarbonyl (C=S) groups is 1. The van der Waals surface area contributed by atoms with Gasteiger partial charge in [-0.05, 0) is 68.9 Å². The lowest BCUT2D eigenvalue weighted by Crippen LogP contribution is -2.45. The van der Waals surface area contributed by atoms with E-state index in [2.05, 4.69) is 47.2 Å². The van der Waals surface area contributed by atoms with Crippen LogP contribution in [-0.4, -0.2) is 47.0 Å². The Morgan fingerprint density at radius 1 is 1.00 bits per heavy atom. The Labute approximate surface area is 162 Å². The molecule has 0 atom stereocenters. The standard InChI is InChI=1S/C21H31N3OS/c1-16-7-8-17(2)19(15-16)22-21(26)24-13-9-18(10-14-24)20(25)23-11-5-3-4-6-12-23/h7-8,15,18H,3-6,9-14H2,1-2H3,(H,22,26). The summed E-state index contributed by atoms with van der Waals surface area (Å²) >= 11 is 5.63. The highest BCUT2D eigenvalue weighted by molar-refractivity contribution is 7.80. The van der Waals surface area contributed by atoms with Gasteiger partial charge in [-0.3, -0.25) is 4.79 Å². The molecule has 0 bridgehead atoms. The SMILES string of the molecule is Cc1ccc(C)c(NC(=S)N2CCC(C(=O)N3CCCCCC3)CC2)c1. The van der Waals surface area contributed by atoms with E-state index in [9.17, 15) is 4.79 Å². The van der Waals surface area contributed by atoms with Crippen LogP contribution in [0.5, 0.6) is 0 Å². The first-order valence-electron chi connectivity index (χ1n) is 9.96. The second-order valence-electron chi connectivity index (χ2n) is 7.75. The number of piperidine rings is 1. The third-order valence-corrected chi connectivity index (χ3v) is 6.04. The molecule has 1 N–H and O–H groups in total. The van der Waals surface area contributed by atoms with Gasteiger partial charge in [0, 0.05) is 37.8 Å².